The second-order valence-corrected chi connectivity index (χ2v) is 6.55. The van der Waals surface area contributed by atoms with Crippen LogP contribution in [0.5, 0.6) is 5.75 Å². The van der Waals surface area contributed by atoms with E-state index in [0.717, 1.165) is 60.8 Å². The summed E-state index contributed by atoms with van der Waals surface area (Å²) in [4.78, 5) is 10.8. The average Bonchev–Trinajstić information content (AvgIpc) is 2.61. The Balaban J connectivity index is 2.01. The van der Waals surface area contributed by atoms with Crippen molar-refractivity contribution >= 4 is 17.5 Å². The Kier molecular flexibility index (Phi) is 5.46. The van der Waals surface area contributed by atoms with Gasteiger partial charge in [0.25, 0.3) is 0 Å². The summed E-state index contributed by atoms with van der Waals surface area (Å²) in [5.74, 6) is 1.50. The number of nitrogen functional groups attached to an aromatic ring is 2. The van der Waals surface area contributed by atoms with E-state index in [1.165, 1.54) is 0 Å². The van der Waals surface area contributed by atoms with Gasteiger partial charge in [-0.3, -0.25) is 0 Å². The van der Waals surface area contributed by atoms with Crippen LogP contribution in [0.15, 0.2) is 18.2 Å². The molecular weight excluding hydrogens is 330 g/mol. The summed E-state index contributed by atoms with van der Waals surface area (Å²) in [5.41, 5.74) is 15.7. The summed E-state index contributed by atoms with van der Waals surface area (Å²) < 4.78 is 11.2. The van der Waals surface area contributed by atoms with Gasteiger partial charge in [-0.25, -0.2) is 4.98 Å². The Bertz CT molecular complexity index is 781. The molecule has 0 aliphatic carbocycles. The van der Waals surface area contributed by atoms with Crippen LogP contribution >= 0.6 is 0 Å². The van der Waals surface area contributed by atoms with Gasteiger partial charge in [-0.15, -0.1) is 0 Å². The number of aryl methyl sites for hydroxylation is 1. The number of nitrogens with zero attached hydrogens (tertiary/aromatic N) is 3. The maximum Gasteiger partial charge on any atom is 0.222 e. The van der Waals surface area contributed by atoms with Crippen LogP contribution in [-0.4, -0.2) is 42.9 Å². The molecule has 26 heavy (non-hydrogen) atoms. The normalized spacial score (nSPS) is 16.3. The summed E-state index contributed by atoms with van der Waals surface area (Å²) in [7, 11) is 1.73. The van der Waals surface area contributed by atoms with Gasteiger partial charge in [-0.2, -0.15) is 4.98 Å². The highest BCUT2D eigenvalue weighted by molar-refractivity contribution is 5.81. The molecule has 0 fully saturated rings. The lowest BCUT2D eigenvalue weighted by Crippen LogP contribution is -2.39. The molecule has 1 aromatic carbocycles. The lowest BCUT2D eigenvalue weighted by Gasteiger charge is -2.35. The second-order valence-electron chi connectivity index (χ2n) is 6.55. The first-order valence-electron chi connectivity index (χ1n) is 9.00. The third-order valence-electron chi connectivity index (χ3n) is 4.53. The number of ether oxygens (including phenoxy) is 2. The minimum Gasteiger partial charge on any atom is -0.487 e. The summed E-state index contributed by atoms with van der Waals surface area (Å²) >= 11 is 0. The molecule has 0 amide bonds. The van der Waals surface area contributed by atoms with Crippen molar-refractivity contribution in [2.24, 2.45) is 0 Å². The Morgan fingerprint density at radius 1 is 1.31 bits per heavy atom. The number of nitrogens with two attached hydrogens (primary N) is 2. The van der Waals surface area contributed by atoms with Crippen molar-refractivity contribution in [3.63, 3.8) is 0 Å². The highest BCUT2D eigenvalue weighted by Crippen LogP contribution is 2.39. The summed E-state index contributed by atoms with van der Waals surface area (Å²) in [5, 5.41) is 0. The average molecular weight is 357 g/mol. The molecule has 3 rings (SSSR count). The molecule has 0 saturated carbocycles. The van der Waals surface area contributed by atoms with Gasteiger partial charge in [0.05, 0.1) is 17.9 Å². The topological polar surface area (TPSA) is 99.5 Å². The number of hydrogen-bond donors (Lipinski definition) is 2. The third kappa shape index (κ3) is 3.67. The fourth-order valence-corrected chi connectivity index (χ4v) is 3.41. The molecule has 0 bridgehead atoms. The van der Waals surface area contributed by atoms with E-state index in [2.05, 4.69) is 27.9 Å². The molecule has 0 saturated heterocycles. The summed E-state index contributed by atoms with van der Waals surface area (Å²) in [6.45, 7) is 6.60. The second kappa shape index (κ2) is 7.78. The zero-order valence-corrected chi connectivity index (χ0v) is 15.7. The van der Waals surface area contributed by atoms with Crippen LogP contribution in [0.3, 0.4) is 0 Å². The van der Waals surface area contributed by atoms with Crippen LogP contribution in [0.4, 0.5) is 17.5 Å². The highest BCUT2D eigenvalue weighted by Gasteiger charge is 2.24. The first kappa shape index (κ1) is 18.3. The monoisotopic (exact) mass is 357 g/mol. The van der Waals surface area contributed by atoms with Crippen molar-refractivity contribution < 1.29 is 9.47 Å². The van der Waals surface area contributed by atoms with Gasteiger partial charge >= 0.3 is 0 Å². The Hall–Kier alpha value is -2.54. The molecule has 7 nitrogen and oxygen atoms in total. The van der Waals surface area contributed by atoms with Crippen molar-refractivity contribution in [1.29, 1.82) is 0 Å². The lowest BCUT2D eigenvalue weighted by atomic mass is 10.0. The first-order valence-corrected chi connectivity index (χ1v) is 9.00. The van der Waals surface area contributed by atoms with Gasteiger partial charge in [-0.1, -0.05) is 13.0 Å². The van der Waals surface area contributed by atoms with Crippen LogP contribution in [0.1, 0.15) is 26.0 Å². The predicted octanol–water partition coefficient (Wildman–Crippen LogP) is 2.49. The smallest absolute Gasteiger partial charge is 0.222 e. The van der Waals surface area contributed by atoms with Crippen molar-refractivity contribution in [3.8, 4) is 16.9 Å². The van der Waals surface area contributed by atoms with E-state index >= 15 is 0 Å². The lowest BCUT2D eigenvalue weighted by molar-refractivity contribution is 0.189. The van der Waals surface area contributed by atoms with Crippen LogP contribution < -0.4 is 21.1 Å². The van der Waals surface area contributed by atoms with Crippen molar-refractivity contribution in [3.05, 3.63) is 23.9 Å². The number of anilines is 3. The fourth-order valence-electron chi connectivity index (χ4n) is 3.41. The summed E-state index contributed by atoms with van der Waals surface area (Å²) in [6.07, 6.45) is 1.83. The standard InChI is InChI=1S/C19H27N5O2/c1-4-14-17(18(20)23-19(21)22-14)13-6-7-16-15(10-13)24(8-5-9-25-3)11-12(2)26-16/h6-7,10,12H,4-5,8-9,11H2,1-3H3,(H4,20,21,22,23)/t12-/m0/s1. The number of rotatable bonds is 6. The Morgan fingerprint density at radius 2 is 2.12 bits per heavy atom. The fraction of sp³-hybridized carbons (Fsp3) is 0.474. The van der Waals surface area contributed by atoms with Gasteiger partial charge in [-0.05, 0) is 37.5 Å². The van der Waals surface area contributed by atoms with Crippen LogP contribution in [0.25, 0.3) is 11.1 Å². The van der Waals surface area contributed by atoms with E-state index in [9.17, 15) is 0 Å². The zero-order chi connectivity index (χ0) is 18.7. The predicted molar refractivity (Wildman–Crippen MR) is 104 cm³/mol. The molecule has 7 heteroatoms. The number of hydrogen-bond acceptors (Lipinski definition) is 7. The van der Waals surface area contributed by atoms with Crippen LogP contribution in [0.2, 0.25) is 0 Å². The minimum absolute atomic E-state index is 0.145. The SMILES string of the molecule is CCc1nc(N)nc(N)c1-c1ccc2c(c1)N(CCCOC)C[C@H](C)O2. The molecule has 2 aromatic rings. The van der Waals surface area contributed by atoms with Gasteiger partial charge < -0.3 is 25.8 Å². The largest absolute Gasteiger partial charge is 0.487 e. The molecule has 0 radical (unpaired) electrons. The van der Waals surface area contributed by atoms with Gasteiger partial charge in [0, 0.05) is 25.8 Å². The van der Waals surface area contributed by atoms with E-state index < -0.39 is 0 Å². The number of aromatic nitrogens is 2. The molecule has 4 N–H and O–H groups in total. The van der Waals surface area contributed by atoms with Crippen molar-refractivity contribution in [1.82, 2.24) is 9.97 Å². The molecule has 1 atom stereocenters. The van der Waals surface area contributed by atoms with Crippen molar-refractivity contribution in [2.45, 2.75) is 32.8 Å². The number of fused-ring (bicyclic) bond motifs is 1. The van der Waals surface area contributed by atoms with E-state index in [1.54, 1.807) is 7.11 Å². The molecular formula is C19H27N5O2. The minimum atomic E-state index is 0.145. The Morgan fingerprint density at radius 3 is 2.85 bits per heavy atom. The van der Waals surface area contributed by atoms with Gasteiger partial charge in [0.2, 0.25) is 5.95 Å². The molecule has 1 aliphatic rings. The van der Waals surface area contributed by atoms with Crippen LogP contribution in [0, 0.1) is 0 Å². The molecule has 0 unspecified atom stereocenters. The molecule has 140 valence electrons. The zero-order valence-electron chi connectivity index (χ0n) is 15.7. The molecule has 0 spiro atoms. The molecule has 1 aromatic heterocycles. The molecule has 2 heterocycles. The van der Waals surface area contributed by atoms with Gasteiger partial charge in [0.1, 0.15) is 17.7 Å². The Labute approximate surface area is 154 Å². The van der Waals surface area contributed by atoms with Crippen LogP contribution in [-0.2, 0) is 11.2 Å². The maximum atomic E-state index is 6.17. The maximum absolute atomic E-state index is 6.17. The number of benzene rings is 1. The van der Waals surface area contributed by atoms with E-state index in [1.807, 2.05) is 19.1 Å². The van der Waals surface area contributed by atoms with E-state index in [-0.39, 0.29) is 12.1 Å². The number of methoxy groups -OCH3 is 1. The molecule has 1 aliphatic heterocycles. The summed E-state index contributed by atoms with van der Waals surface area (Å²) in [6, 6.07) is 6.12. The third-order valence-corrected chi connectivity index (χ3v) is 4.53. The van der Waals surface area contributed by atoms with E-state index in [0.29, 0.717) is 5.82 Å². The highest BCUT2D eigenvalue weighted by atomic mass is 16.5. The van der Waals surface area contributed by atoms with Gasteiger partial charge in [0.15, 0.2) is 0 Å². The first-order chi connectivity index (χ1) is 12.5. The van der Waals surface area contributed by atoms with E-state index in [4.69, 9.17) is 20.9 Å². The quantitative estimate of drug-likeness (QED) is 0.766. The van der Waals surface area contributed by atoms with Crippen molar-refractivity contribution in [2.75, 3.05) is 43.2 Å².